The standard InChI is InChI=1S/C18H21FO3/c1-6-8-12(7-2)16(18(3,4)17(20)21)14-10-9-13(22-5)11-15(14)19/h6-11,16H,1-2H2,3-5H3,(H,20,21)/b12-8+. The van der Waals surface area contributed by atoms with Gasteiger partial charge in [-0.25, -0.2) is 4.39 Å². The van der Waals surface area contributed by atoms with Gasteiger partial charge in [0.15, 0.2) is 0 Å². The fraction of sp³-hybridized carbons (Fsp3) is 0.278. The number of halogens is 1. The molecule has 0 fully saturated rings. The van der Waals surface area contributed by atoms with E-state index in [1.54, 1.807) is 32.1 Å². The fourth-order valence-corrected chi connectivity index (χ4v) is 2.40. The van der Waals surface area contributed by atoms with E-state index in [2.05, 4.69) is 13.2 Å². The summed E-state index contributed by atoms with van der Waals surface area (Å²) >= 11 is 0. The first kappa shape index (κ1) is 17.7. The molecule has 0 amide bonds. The second kappa shape index (κ2) is 7.07. The van der Waals surface area contributed by atoms with E-state index in [0.29, 0.717) is 11.3 Å². The van der Waals surface area contributed by atoms with Gasteiger partial charge < -0.3 is 9.84 Å². The first-order valence-corrected chi connectivity index (χ1v) is 6.81. The predicted molar refractivity (Wildman–Crippen MR) is 85.6 cm³/mol. The third-order valence-electron chi connectivity index (χ3n) is 3.67. The molecule has 0 aromatic heterocycles. The highest BCUT2D eigenvalue weighted by Crippen LogP contribution is 2.43. The second-order valence-electron chi connectivity index (χ2n) is 5.45. The molecule has 0 heterocycles. The number of rotatable bonds is 7. The largest absolute Gasteiger partial charge is 0.497 e. The minimum absolute atomic E-state index is 0.279. The van der Waals surface area contributed by atoms with Crippen LogP contribution in [0.4, 0.5) is 4.39 Å². The number of allylic oxidation sites excluding steroid dienone is 4. The molecule has 22 heavy (non-hydrogen) atoms. The van der Waals surface area contributed by atoms with Crippen LogP contribution in [0.2, 0.25) is 0 Å². The minimum Gasteiger partial charge on any atom is -0.497 e. The third kappa shape index (κ3) is 3.45. The molecule has 118 valence electrons. The Morgan fingerprint density at radius 1 is 1.41 bits per heavy atom. The van der Waals surface area contributed by atoms with Crippen molar-refractivity contribution in [2.75, 3.05) is 7.11 Å². The first-order chi connectivity index (χ1) is 10.3. The van der Waals surface area contributed by atoms with E-state index >= 15 is 0 Å². The van der Waals surface area contributed by atoms with Crippen molar-refractivity contribution in [2.24, 2.45) is 5.41 Å². The number of methoxy groups -OCH3 is 1. The van der Waals surface area contributed by atoms with Gasteiger partial charge in [0.05, 0.1) is 12.5 Å². The van der Waals surface area contributed by atoms with Crippen LogP contribution >= 0.6 is 0 Å². The van der Waals surface area contributed by atoms with Crippen molar-refractivity contribution in [1.82, 2.24) is 0 Å². The van der Waals surface area contributed by atoms with Gasteiger partial charge in [-0.05, 0) is 31.1 Å². The maximum absolute atomic E-state index is 14.5. The molecule has 1 aromatic rings. The van der Waals surface area contributed by atoms with Crippen LogP contribution in [0, 0.1) is 11.2 Å². The SMILES string of the molecule is C=C/C=C(\C=C)C(c1ccc(OC)cc1F)C(C)(C)C(=O)O. The molecule has 1 atom stereocenters. The van der Waals surface area contributed by atoms with Gasteiger partial charge in [-0.1, -0.05) is 37.5 Å². The Kier molecular flexibility index (Phi) is 5.69. The number of ether oxygens (including phenoxy) is 1. The summed E-state index contributed by atoms with van der Waals surface area (Å²) < 4.78 is 19.4. The van der Waals surface area contributed by atoms with Crippen LogP contribution in [0.5, 0.6) is 5.75 Å². The smallest absolute Gasteiger partial charge is 0.310 e. The summed E-state index contributed by atoms with van der Waals surface area (Å²) in [5.41, 5.74) is -0.356. The Balaban J connectivity index is 3.57. The molecule has 4 heteroatoms. The number of benzene rings is 1. The number of carboxylic acids is 1. The predicted octanol–water partition coefficient (Wildman–Crippen LogP) is 4.33. The zero-order chi connectivity index (χ0) is 16.9. The number of hydrogen-bond acceptors (Lipinski definition) is 2. The molecule has 0 aliphatic carbocycles. The van der Waals surface area contributed by atoms with Crippen molar-refractivity contribution in [3.63, 3.8) is 0 Å². The van der Waals surface area contributed by atoms with Crippen LogP contribution < -0.4 is 4.74 Å². The lowest BCUT2D eigenvalue weighted by molar-refractivity contribution is -0.147. The van der Waals surface area contributed by atoms with E-state index in [0.717, 1.165) is 0 Å². The quantitative estimate of drug-likeness (QED) is 0.763. The van der Waals surface area contributed by atoms with Gasteiger partial charge in [-0.3, -0.25) is 4.79 Å². The third-order valence-corrected chi connectivity index (χ3v) is 3.67. The molecular formula is C18H21FO3. The van der Waals surface area contributed by atoms with Gasteiger partial charge >= 0.3 is 5.97 Å². The normalized spacial score (nSPS) is 13.4. The molecule has 0 aliphatic heterocycles. The lowest BCUT2D eigenvalue weighted by Crippen LogP contribution is -2.32. The second-order valence-corrected chi connectivity index (χ2v) is 5.45. The van der Waals surface area contributed by atoms with Crippen molar-refractivity contribution in [1.29, 1.82) is 0 Å². The molecule has 0 saturated carbocycles. The summed E-state index contributed by atoms with van der Waals surface area (Å²) in [7, 11) is 1.44. The zero-order valence-electron chi connectivity index (χ0n) is 13.1. The minimum atomic E-state index is -1.22. The molecule has 0 bridgehead atoms. The average molecular weight is 304 g/mol. The van der Waals surface area contributed by atoms with Crippen LogP contribution in [0.25, 0.3) is 0 Å². The van der Waals surface area contributed by atoms with Crippen molar-refractivity contribution in [3.05, 3.63) is 66.5 Å². The van der Waals surface area contributed by atoms with Gasteiger partial charge in [-0.15, -0.1) is 0 Å². The monoisotopic (exact) mass is 304 g/mol. The molecule has 0 aliphatic rings. The fourth-order valence-electron chi connectivity index (χ4n) is 2.40. The summed E-state index contributed by atoms with van der Waals surface area (Å²) in [4.78, 5) is 11.7. The first-order valence-electron chi connectivity index (χ1n) is 6.81. The Morgan fingerprint density at radius 3 is 2.45 bits per heavy atom. The Hall–Kier alpha value is -2.36. The highest BCUT2D eigenvalue weighted by Gasteiger charge is 2.40. The molecule has 1 aromatic carbocycles. The van der Waals surface area contributed by atoms with E-state index in [-0.39, 0.29) is 5.56 Å². The molecule has 0 radical (unpaired) electrons. The van der Waals surface area contributed by atoms with Crippen molar-refractivity contribution in [2.45, 2.75) is 19.8 Å². The van der Waals surface area contributed by atoms with Crippen LogP contribution in [-0.4, -0.2) is 18.2 Å². The number of carbonyl (C=O) groups is 1. The van der Waals surface area contributed by atoms with Crippen molar-refractivity contribution < 1.29 is 19.0 Å². The Bertz CT molecular complexity index is 615. The number of aliphatic carboxylic acids is 1. The Labute approximate surface area is 130 Å². The summed E-state index contributed by atoms with van der Waals surface area (Å²) in [5, 5.41) is 9.54. The summed E-state index contributed by atoms with van der Waals surface area (Å²) in [5.74, 6) is -1.87. The lowest BCUT2D eigenvalue weighted by Gasteiger charge is -2.32. The summed E-state index contributed by atoms with van der Waals surface area (Å²) in [6.07, 6.45) is 4.70. The van der Waals surface area contributed by atoms with Crippen molar-refractivity contribution in [3.8, 4) is 5.75 Å². The zero-order valence-corrected chi connectivity index (χ0v) is 13.1. The number of hydrogen-bond donors (Lipinski definition) is 1. The van der Waals surface area contributed by atoms with Gasteiger partial charge in [0.2, 0.25) is 0 Å². The van der Waals surface area contributed by atoms with Crippen LogP contribution in [0.1, 0.15) is 25.3 Å². The Morgan fingerprint density at radius 2 is 2.05 bits per heavy atom. The molecule has 1 rings (SSSR count). The van der Waals surface area contributed by atoms with E-state index in [1.165, 1.54) is 25.3 Å². The topological polar surface area (TPSA) is 46.5 Å². The van der Waals surface area contributed by atoms with E-state index < -0.39 is 23.1 Å². The van der Waals surface area contributed by atoms with Gasteiger partial charge in [0.25, 0.3) is 0 Å². The van der Waals surface area contributed by atoms with Crippen LogP contribution in [-0.2, 0) is 4.79 Å². The van der Waals surface area contributed by atoms with E-state index in [9.17, 15) is 14.3 Å². The number of carboxylic acid groups (broad SMARTS) is 1. The average Bonchev–Trinajstić information content (AvgIpc) is 2.47. The lowest BCUT2D eigenvalue weighted by atomic mass is 9.70. The van der Waals surface area contributed by atoms with Gasteiger partial charge in [0, 0.05) is 12.0 Å². The molecule has 0 spiro atoms. The molecule has 3 nitrogen and oxygen atoms in total. The maximum Gasteiger partial charge on any atom is 0.310 e. The van der Waals surface area contributed by atoms with Gasteiger partial charge in [0.1, 0.15) is 11.6 Å². The van der Waals surface area contributed by atoms with Crippen LogP contribution in [0.3, 0.4) is 0 Å². The highest BCUT2D eigenvalue weighted by atomic mass is 19.1. The summed E-state index contributed by atoms with van der Waals surface area (Å²) in [6.45, 7) is 10.4. The molecule has 0 saturated heterocycles. The van der Waals surface area contributed by atoms with Gasteiger partial charge in [-0.2, -0.15) is 0 Å². The highest BCUT2D eigenvalue weighted by molar-refractivity contribution is 5.76. The molecular weight excluding hydrogens is 283 g/mol. The van der Waals surface area contributed by atoms with Crippen LogP contribution in [0.15, 0.2) is 55.2 Å². The van der Waals surface area contributed by atoms with Crippen molar-refractivity contribution >= 4 is 5.97 Å². The molecule has 1 unspecified atom stereocenters. The maximum atomic E-state index is 14.5. The van der Waals surface area contributed by atoms with E-state index in [4.69, 9.17) is 4.74 Å². The van der Waals surface area contributed by atoms with E-state index in [1.807, 2.05) is 0 Å². The summed E-state index contributed by atoms with van der Waals surface area (Å²) in [6, 6.07) is 4.40. The molecule has 1 N–H and O–H groups in total.